The van der Waals surface area contributed by atoms with E-state index in [0.717, 1.165) is 24.7 Å². The van der Waals surface area contributed by atoms with E-state index in [2.05, 4.69) is 17.1 Å². The molecule has 0 radical (unpaired) electrons. The Bertz CT molecular complexity index is 428. The van der Waals surface area contributed by atoms with E-state index in [9.17, 15) is 0 Å². The highest BCUT2D eigenvalue weighted by Gasteiger charge is 2.38. The molecule has 0 amide bonds. The summed E-state index contributed by atoms with van der Waals surface area (Å²) >= 11 is 3.95. The lowest BCUT2D eigenvalue weighted by atomic mass is 9.67. The molecule has 1 aliphatic heterocycles. The van der Waals surface area contributed by atoms with Crippen LogP contribution in [-0.4, -0.2) is 33.4 Å². The van der Waals surface area contributed by atoms with Crippen molar-refractivity contribution in [2.45, 2.75) is 43.1 Å². The fourth-order valence-corrected chi connectivity index (χ4v) is 5.50. The zero-order valence-electron chi connectivity index (χ0n) is 11.3. The molecule has 0 bridgehead atoms. The average molecular weight is 299 g/mol. The zero-order valence-corrected chi connectivity index (χ0v) is 12.9. The van der Waals surface area contributed by atoms with Crippen molar-refractivity contribution >= 4 is 23.5 Å². The van der Waals surface area contributed by atoms with Crippen molar-refractivity contribution in [3.05, 3.63) is 11.7 Å². The largest absolute Gasteiger partial charge is 0.339 e. The average Bonchev–Trinajstić information content (AvgIpc) is 2.83. The lowest BCUT2D eigenvalue weighted by Gasteiger charge is -2.39. The van der Waals surface area contributed by atoms with Gasteiger partial charge in [-0.3, -0.25) is 0 Å². The molecule has 106 valence electrons. The molecule has 19 heavy (non-hydrogen) atoms. The number of nitrogens with two attached hydrogens (primary N) is 1. The molecule has 1 saturated carbocycles. The summed E-state index contributed by atoms with van der Waals surface area (Å²) in [6.45, 7) is 2.99. The number of thioether (sulfide) groups is 2. The Morgan fingerprint density at radius 2 is 2.16 bits per heavy atom. The molecule has 2 heterocycles. The van der Waals surface area contributed by atoms with Crippen LogP contribution >= 0.6 is 23.5 Å². The summed E-state index contributed by atoms with van der Waals surface area (Å²) in [4.78, 5) is 4.63. The Morgan fingerprint density at radius 3 is 2.79 bits per heavy atom. The molecule has 4 nitrogen and oxygen atoms in total. The normalized spacial score (nSPS) is 30.0. The van der Waals surface area contributed by atoms with Gasteiger partial charge < -0.3 is 10.3 Å². The molecule has 0 spiro atoms. The smallest absolute Gasteiger partial charge is 0.227 e. The predicted molar refractivity (Wildman–Crippen MR) is 80.5 cm³/mol. The number of hydrogen-bond acceptors (Lipinski definition) is 6. The molecule has 1 saturated heterocycles. The molecular formula is C13H21N3OS2. The molecule has 2 fully saturated rings. The lowest BCUT2D eigenvalue weighted by molar-refractivity contribution is 0.129. The first-order valence-electron chi connectivity index (χ1n) is 6.98. The highest BCUT2D eigenvalue weighted by atomic mass is 32.2. The van der Waals surface area contributed by atoms with Gasteiger partial charge in [-0.25, -0.2) is 0 Å². The number of aromatic nitrogens is 2. The van der Waals surface area contributed by atoms with Crippen LogP contribution in [-0.2, 0) is 6.42 Å². The third-order valence-electron chi connectivity index (χ3n) is 4.30. The van der Waals surface area contributed by atoms with Crippen molar-refractivity contribution in [3.8, 4) is 0 Å². The molecule has 0 aromatic carbocycles. The van der Waals surface area contributed by atoms with Gasteiger partial charge in [-0.1, -0.05) is 18.5 Å². The molecular weight excluding hydrogens is 278 g/mol. The topological polar surface area (TPSA) is 64.9 Å². The van der Waals surface area contributed by atoms with Gasteiger partial charge in [0.25, 0.3) is 0 Å². The van der Waals surface area contributed by atoms with Crippen LogP contribution in [0, 0.1) is 5.41 Å². The van der Waals surface area contributed by atoms with Crippen LogP contribution < -0.4 is 5.73 Å². The lowest BCUT2D eigenvalue weighted by Crippen LogP contribution is -2.39. The Morgan fingerprint density at radius 1 is 1.37 bits per heavy atom. The van der Waals surface area contributed by atoms with Crippen LogP contribution in [0.3, 0.4) is 0 Å². The van der Waals surface area contributed by atoms with E-state index in [0.29, 0.717) is 10.5 Å². The van der Waals surface area contributed by atoms with Gasteiger partial charge in [0.15, 0.2) is 5.82 Å². The molecule has 1 aromatic heterocycles. The molecule has 2 aliphatic rings. The number of nitrogens with zero attached hydrogens (tertiary/aromatic N) is 2. The zero-order chi connectivity index (χ0) is 13.3. The minimum Gasteiger partial charge on any atom is -0.339 e. The molecule has 2 unspecified atom stereocenters. The summed E-state index contributed by atoms with van der Waals surface area (Å²) in [5.41, 5.74) is 6.13. The van der Waals surface area contributed by atoms with Crippen LogP contribution in [0.4, 0.5) is 0 Å². The second-order valence-corrected chi connectivity index (χ2v) is 8.38. The highest BCUT2D eigenvalue weighted by Crippen LogP contribution is 2.44. The van der Waals surface area contributed by atoms with Crippen molar-refractivity contribution < 1.29 is 4.52 Å². The van der Waals surface area contributed by atoms with E-state index < -0.39 is 0 Å². The van der Waals surface area contributed by atoms with E-state index in [-0.39, 0.29) is 5.41 Å². The Kier molecular flexibility index (Phi) is 4.10. The van der Waals surface area contributed by atoms with Crippen LogP contribution in [0.2, 0.25) is 0 Å². The second kappa shape index (κ2) is 5.66. The van der Waals surface area contributed by atoms with Crippen LogP contribution in [0.15, 0.2) is 4.52 Å². The molecule has 2 atom stereocenters. The third kappa shape index (κ3) is 2.81. The van der Waals surface area contributed by atoms with E-state index in [4.69, 9.17) is 10.3 Å². The summed E-state index contributed by atoms with van der Waals surface area (Å²) in [6, 6.07) is 0. The summed E-state index contributed by atoms with van der Waals surface area (Å²) in [5, 5.41) is 5.15. The predicted octanol–water partition coefficient (Wildman–Crippen LogP) is 2.65. The quantitative estimate of drug-likeness (QED) is 0.922. The van der Waals surface area contributed by atoms with Crippen molar-refractivity contribution in [1.82, 2.24) is 10.1 Å². The third-order valence-corrected chi connectivity index (χ3v) is 7.39. The fraction of sp³-hybridized carbons (Fsp3) is 0.846. The van der Waals surface area contributed by atoms with Crippen molar-refractivity contribution in [3.63, 3.8) is 0 Å². The molecule has 2 N–H and O–H groups in total. The van der Waals surface area contributed by atoms with Crippen LogP contribution in [0.25, 0.3) is 0 Å². The molecule has 3 rings (SSSR count). The highest BCUT2D eigenvalue weighted by molar-refractivity contribution is 8.06. The van der Waals surface area contributed by atoms with Gasteiger partial charge in [0.2, 0.25) is 5.89 Å². The Balaban J connectivity index is 1.68. The van der Waals surface area contributed by atoms with Gasteiger partial charge in [0.05, 0.1) is 5.25 Å². The van der Waals surface area contributed by atoms with E-state index in [1.807, 2.05) is 23.5 Å². The second-order valence-electron chi connectivity index (χ2n) is 5.65. The Hall–Kier alpha value is -0.200. The first-order valence-corrected chi connectivity index (χ1v) is 9.08. The molecule has 1 aliphatic carbocycles. The van der Waals surface area contributed by atoms with Crippen molar-refractivity contribution in [1.29, 1.82) is 0 Å². The van der Waals surface area contributed by atoms with Crippen LogP contribution in [0.1, 0.15) is 43.2 Å². The van der Waals surface area contributed by atoms with E-state index in [1.165, 1.54) is 30.8 Å². The number of rotatable bonds is 4. The molecule has 1 aromatic rings. The maximum absolute atomic E-state index is 5.89. The van der Waals surface area contributed by atoms with Crippen LogP contribution in [0.5, 0.6) is 0 Å². The first kappa shape index (κ1) is 13.8. The standard InChI is InChI=1S/C13H21N3OS2/c1-9-11(19-6-5-18-9)12-15-10(17-16-12)7-13(8-14)3-2-4-13/h9,11H,2-8,14H2,1H3. The van der Waals surface area contributed by atoms with Gasteiger partial charge in [0, 0.05) is 23.2 Å². The maximum atomic E-state index is 5.89. The van der Waals surface area contributed by atoms with Gasteiger partial charge in [-0.2, -0.15) is 16.7 Å². The van der Waals surface area contributed by atoms with Gasteiger partial charge in [-0.05, 0) is 24.8 Å². The summed E-state index contributed by atoms with van der Waals surface area (Å²) in [5.74, 6) is 4.06. The monoisotopic (exact) mass is 299 g/mol. The van der Waals surface area contributed by atoms with Gasteiger partial charge in [-0.15, -0.1) is 11.8 Å². The summed E-state index contributed by atoms with van der Waals surface area (Å²) in [7, 11) is 0. The van der Waals surface area contributed by atoms with Crippen molar-refractivity contribution in [2.24, 2.45) is 11.1 Å². The number of hydrogen-bond donors (Lipinski definition) is 1. The SMILES string of the molecule is CC1SCCSC1c1noc(CC2(CN)CCC2)n1. The van der Waals surface area contributed by atoms with Gasteiger partial charge in [0.1, 0.15) is 0 Å². The Labute approximate surface area is 122 Å². The van der Waals surface area contributed by atoms with E-state index >= 15 is 0 Å². The van der Waals surface area contributed by atoms with E-state index in [1.54, 1.807) is 0 Å². The fourth-order valence-electron chi connectivity index (χ4n) is 2.82. The minimum absolute atomic E-state index is 0.240. The van der Waals surface area contributed by atoms with Crippen molar-refractivity contribution in [2.75, 3.05) is 18.1 Å². The summed E-state index contributed by atoms with van der Waals surface area (Å²) in [6.07, 6.45) is 4.54. The minimum atomic E-state index is 0.240. The molecule has 6 heteroatoms. The maximum Gasteiger partial charge on any atom is 0.227 e. The summed E-state index contributed by atoms with van der Waals surface area (Å²) < 4.78 is 5.46. The van der Waals surface area contributed by atoms with Gasteiger partial charge >= 0.3 is 0 Å². The first-order chi connectivity index (χ1) is 9.22.